The number of hydrogen-bond donors (Lipinski definition) is 2. The third kappa shape index (κ3) is 1.96. The Bertz CT molecular complexity index is 781. The van der Waals surface area contributed by atoms with Crippen molar-refractivity contribution >= 4 is 11.6 Å². The van der Waals surface area contributed by atoms with E-state index in [9.17, 15) is 19.8 Å². The largest absolute Gasteiger partial charge is 0.390 e. The summed E-state index contributed by atoms with van der Waals surface area (Å²) < 4.78 is 16.7. The molecular weight excluding hydrogens is 335 g/mol. The molecule has 0 saturated heterocycles. The molecule has 4 aliphatic rings. The number of allylic oxidation sites excluding steroid dienone is 5. The lowest BCUT2D eigenvalue weighted by Crippen LogP contribution is -2.66. The van der Waals surface area contributed by atoms with Crippen LogP contribution in [0, 0.1) is 22.7 Å². The third-order valence-corrected chi connectivity index (χ3v) is 7.67. The van der Waals surface area contributed by atoms with Crippen molar-refractivity contribution in [2.24, 2.45) is 22.7 Å². The minimum absolute atomic E-state index is 0.0918. The van der Waals surface area contributed by atoms with Crippen LogP contribution < -0.4 is 0 Å². The van der Waals surface area contributed by atoms with Crippen LogP contribution in [-0.4, -0.2) is 40.2 Å². The summed E-state index contributed by atoms with van der Waals surface area (Å²) in [5.41, 5.74) is -2.21. The van der Waals surface area contributed by atoms with Gasteiger partial charge in [-0.1, -0.05) is 24.6 Å². The molecule has 0 heterocycles. The molecule has 6 atom stereocenters. The number of halogens is 1. The number of carbonyl (C=O) groups excluding carboxylic acids is 2. The molecule has 0 radical (unpaired) electrons. The molecule has 2 N–H and O–H groups in total. The van der Waals surface area contributed by atoms with Crippen LogP contribution in [0.25, 0.3) is 0 Å². The standard InChI is InChI=1S/C21H25FO4/c1-19-10-18(26)21(22)15(14(19)5-6-16(19)17(25)11-23)4-3-12-9-13(24)7-8-20(12,21)2/h6-9,14-15,18,23,26H,3-5,10-11H2,1-2H3/t14-,15+,18+,19-,20-,21-/m0/s1. The molecule has 0 bridgehead atoms. The summed E-state index contributed by atoms with van der Waals surface area (Å²) in [5.74, 6) is -0.963. The molecule has 2 saturated carbocycles. The highest BCUT2D eigenvalue weighted by atomic mass is 19.1. The van der Waals surface area contributed by atoms with E-state index in [2.05, 4.69) is 0 Å². The number of alkyl halides is 1. The van der Waals surface area contributed by atoms with E-state index in [0.29, 0.717) is 24.8 Å². The molecule has 0 aromatic carbocycles. The normalized spacial score (nSPS) is 46.8. The fraction of sp³-hybridized carbons (Fsp3) is 0.619. The Balaban J connectivity index is 1.79. The molecule has 0 aromatic rings. The van der Waals surface area contributed by atoms with Crippen LogP contribution >= 0.6 is 0 Å². The van der Waals surface area contributed by atoms with Gasteiger partial charge < -0.3 is 10.2 Å². The summed E-state index contributed by atoms with van der Waals surface area (Å²) in [6.45, 7) is 3.13. The zero-order valence-corrected chi connectivity index (χ0v) is 15.2. The van der Waals surface area contributed by atoms with Gasteiger partial charge in [0.1, 0.15) is 6.61 Å². The summed E-state index contributed by atoms with van der Waals surface area (Å²) in [6, 6.07) is 0. The predicted molar refractivity (Wildman–Crippen MR) is 93.9 cm³/mol. The van der Waals surface area contributed by atoms with Gasteiger partial charge in [0.05, 0.1) is 6.10 Å². The number of hydrogen-bond acceptors (Lipinski definition) is 4. The lowest BCUT2D eigenvalue weighted by Gasteiger charge is -2.61. The first-order valence-electron chi connectivity index (χ1n) is 9.34. The fourth-order valence-corrected chi connectivity index (χ4v) is 6.30. The Hall–Kier alpha value is -1.59. The molecule has 0 aromatic heterocycles. The molecule has 0 aliphatic heterocycles. The predicted octanol–water partition coefficient (Wildman–Crippen LogP) is 2.45. The van der Waals surface area contributed by atoms with E-state index in [1.807, 2.05) is 13.0 Å². The quantitative estimate of drug-likeness (QED) is 0.793. The van der Waals surface area contributed by atoms with Gasteiger partial charge in [0, 0.05) is 16.7 Å². The van der Waals surface area contributed by atoms with Gasteiger partial charge in [-0.3, -0.25) is 9.59 Å². The van der Waals surface area contributed by atoms with Crippen molar-refractivity contribution in [1.29, 1.82) is 0 Å². The average Bonchev–Trinajstić information content (AvgIpc) is 2.93. The summed E-state index contributed by atoms with van der Waals surface area (Å²) in [5, 5.41) is 20.3. The number of aliphatic hydroxyl groups excluding tert-OH is 2. The average molecular weight is 360 g/mol. The maximum absolute atomic E-state index is 16.7. The van der Waals surface area contributed by atoms with Crippen molar-refractivity contribution in [3.8, 4) is 0 Å². The molecule has 26 heavy (non-hydrogen) atoms. The first-order chi connectivity index (χ1) is 12.2. The summed E-state index contributed by atoms with van der Waals surface area (Å²) in [4.78, 5) is 24.0. The third-order valence-electron chi connectivity index (χ3n) is 7.67. The van der Waals surface area contributed by atoms with Crippen LogP contribution in [0.15, 0.2) is 35.5 Å². The van der Waals surface area contributed by atoms with Crippen LogP contribution in [0.4, 0.5) is 4.39 Å². The molecule has 0 spiro atoms. The fourth-order valence-electron chi connectivity index (χ4n) is 6.30. The minimum Gasteiger partial charge on any atom is -0.390 e. The van der Waals surface area contributed by atoms with E-state index in [-0.39, 0.29) is 23.9 Å². The Morgan fingerprint density at radius 1 is 1.35 bits per heavy atom. The molecule has 0 amide bonds. The Labute approximate surface area is 152 Å². The van der Waals surface area contributed by atoms with Crippen molar-refractivity contribution in [3.63, 3.8) is 0 Å². The van der Waals surface area contributed by atoms with E-state index < -0.39 is 35.1 Å². The topological polar surface area (TPSA) is 74.6 Å². The van der Waals surface area contributed by atoms with Gasteiger partial charge in [0.2, 0.25) is 0 Å². The van der Waals surface area contributed by atoms with Crippen LogP contribution in [-0.2, 0) is 9.59 Å². The maximum Gasteiger partial charge on any atom is 0.184 e. The lowest BCUT2D eigenvalue weighted by atomic mass is 9.45. The first kappa shape index (κ1) is 17.8. The smallest absolute Gasteiger partial charge is 0.184 e. The Morgan fingerprint density at radius 3 is 2.77 bits per heavy atom. The maximum atomic E-state index is 16.7. The SMILES string of the molecule is C[C@]12C=CC(=O)C=C1CC[C@@H]1[C@@H]3CC=C(C(=O)CO)[C@@]3(C)C[C@@H](O)[C@@]12F. The van der Waals surface area contributed by atoms with Crippen LogP contribution in [0.3, 0.4) is 0 Å². The van der Waals surface area contributed by atoms with E-state index in [4.69, 9.17) is 0 Å². The number of Topliss-reactive ketones (excluding diaryl/α,β-unsaturated/α-hetero) is 1. The van der Waals surface area contributed by atoms with Crippen molar-refractivity contribution in [1.82, 2.24) is 0 Å². The van der Waals surface area contributed by atoms with Crippen LogP contribution in [0.2, 0.25) is 0 Å². The molecular formula is C21H25FO4. The van der Waals surface area contributed by atoms with E-state index in [0.717, 1.165) is 5.57 Å². The zero-order valence-electron chi connectivity index (χ0n) is 15.2. The highest BCUT2D eigenvalue weighted by Crippen LogP contribution is 2.67. The Morgan fingerprint density at radius 2 is 2.08 bits per heavy atom. The van der Waals surface area contributed by atoms with E-state index in [1.54, 1.807) is 13.0 Å². The van der Waals surface area contributed by atoms with E-state index in [1.165, 1.54) is 12.2 Å². The molecule has 0 unspecified atom stereocenters. The number of aliphatic hydroxyl groups is 2. The highest BCUT2D eigenvalue weighted by molar-refractivity contribution is 6.01. The molecule has 4 nitrogen and oxygen atoms in total. The van der Waals surface area contributed by atoms with E-state index >= 15 is 4.39 Å². The zero-order chi connectivity index (χ0) is 18.9. The van der Waals surface area contributed by atoms with Gasteiger partial charge in [0.25, 0.3) is 0 Å². The minimum atomic E-state index is -1.87. The second-order valence-electron chi connectivity index (χ2n) is 8.70. The molecule has 4 aliphatic carbocycles. The molecule has 4 rings (SSSR count). The van der Waals surface area contributed by atoms with Crippen molar-refractivity contribution in [2.75, 3.05) is 6.61 Å². The molecule has 140 valence electrons. The van der Waals surface area contributed by atoms with Crippen LogP contribution in [0.5, 0.6) is 0 Å². The molecule has 2 fully saturated rings. The number of carbonyl (C=O) groups is 2. The molecule has 5 heteroatoms. The van der Waals surface area contributed by atoms with Crippen LogP contribution in [0.1, 0.15) is 39.5 Å². The lowest BCUT2D eigenvalue weighted by molar-refractivity contribution is -0.185. The summed E-state index contributed by atoms with van der Waals surface area (Å²) in [7, 11) is 0. The monoisotopic (exact) mass is 360 g/mol. The highest BCUT2D eigenvalue weighted by Gasteiger charge is 2.69. The van der Waals surface area contributed by atoms with Gasteiger partial charge in [-0.25, -0.2) is 4.39 Å². The van der Waals surface area contributed by atoms with Crippen molar-refractivity contribution in [2.45, 2.75) is 51.3 Å². The number of ketones is 2. The number of fused-ring (bicyclic) bond motifs is 5. The number of rotatable bonds is 2. The van der Waals surface area contributed by atoms with Gasteiger partial charge in [-0.2, -0.15) is 0 Å². The van der Waals surface area contributed by atoms with Gasteiger partial charge in [-0.15, -0.1) is 0 Å². The second kappa shape index (κ2) is 5.46. The van der Waals surface area contributed by atoms with Gasteiger partial charge in [-0.05, 0) is 56.3 Å². The summed E-state index contributed by atoms with van der Waals surface area (Å²) >= 11 is 0. The van der Waals surface area contributed by atoms with Gasteiger partial charge in [0.15, 0.2) is 17.2 Å². The summed E-state index contributed by atoms with van der Waals surface area (Å²) in [6.07, 6.45) is 7.03. The Kier molecular flexibility index (Phi) is 3.74. The second-order valence-corrected chi connectivity index (χ2v) is 8.70. The first-order valence-corrected chi connectivity index (χ1v) is 9.34. The van der Waals surface area contributed by atoms with Gasteiger partial charge >= 0.3 is 0 Å². The van der Waals surface area contributed by atoms with Crippen molar-refractivity contribution < 1.29 is 24.2 Å². The van der Waals surface area contributed by atoms with Crippen molar-refractivity contribution in [3.05, 3.63) is 35.5 Å².